The topological polar surface area (TPSA) is 12.0 Å². The molecule has 0 saturated heterocycles. The maximum Gasteiger partial charge on any atom is 0.0456 e. The first-order valence-electron chi connectivity index (χ1n) is 7.54. The monoisotopic (exact) mass is 279 g/mol. The van der Waals surface area contributed by atoms with Crippen LogP contribution in [-0.4, -0.2) is 6.54 Å². The van der Waals surface area contributed by atoms with E-state index in [4.69, 9.17) is 11.6 Å². The quantitative estimate of drug-likeness (QED) is 0.814. The number of benzene rings is 1. The average molecular weight is 280 g/mol. The fraction of sp³-hybridized carbons (Fsp3) is 0.647. The van der Waals surface area contributed by atoms with Crippen LogP contribution in [0.4, 0.5) is 0 Å². The van der Waals surface area contributed by atoms with E-state index in [0.717, 1.165) is 23.4 Å². The van der Waals surface area contributed by atoms with Gasteiger partial charge < -0.3 is 5.32 Å². The van der Waals surface area contributed by atoms with E-state index in [9.17, 15) is 0 Å². The first kappa shape index (κ1) is 14.9. The van der Waals surface area contributed by atoms with E-state index >= 15 is 0 Å². The molecular weight excluding hydrogens is 254 g/mol. The van der Waals surface area contributed by atoms with Crippen molar-refractivity contribution in [1.82, 2.24) is 5.32 Å². The summed E-state index contributed by atoms with van der Waals surface area (Å²) in [5.74, 6) is 1.52. The largest absolute Gasteiger partial charge is 0.310 e. The van der Waals surface area contributed by atoms with Crippen molar-refractivity contribution in [2.75, 3.05) is 6.54 Å². The highest BCUT2D eigenvalue weighted by Crippen LogP contribution is 2.42. The highest BCUT2D eigenvalue weighted by Gasteiger charge is 2.32. The number of hydrogen-bond acceptors (Lipinski definition) is 1. The van der Waals surface area contributed by atoms with E-state index in [1.165, 1.54) is 36.0 Å². The summed E-state index contributed by atoms with van der Waals surface area (Å²) in [5, 5.41) is 4.60. The molecule has 1 aliphatic rings. The van der Waals surface area contributed by atoms with Crippen LogP contribution < -0.4 is 5.32 Å². The molecule has 0 heterocycles. The lowest BCUT2D eigenvalue weighted by Crippen LogP contribution is -2.30. The second-order valence-corrected chi connectivity index (χ2v) is 6.47. The third-order valence-electron chi connectivity index (χ3n) is 4.73. The van der Waals surface area contributed by atoms with E-state index in [-0.39, 0.29) is 0 Å². The molecule has 1 aliphatic carbocycles. The van der Waals surface area contributed by atoms with E-state index in [2.05, 4.69) is 45.1 Å². The molecule has 1 aromatic rings. The van der Waals surface area contributed by atoms with E-state index in [1.54, 1.807) is 0 Å². The molecular formula is C17H26ClN. The van der Waals surface area contributed by atoms with E-state index in [0.29, 0.717) is 6.04 Å². The van der Waals surface area contributed by atoms with Gasteiger partial charge in [0.1, 0.15) is 0 Å². The molecule has 0 aromatic heterocycles. The normalized spacial score (nSPS) is 24.7. The minimum absolute atomic E-state index is 0.411. The summed E-state index contributed by atoms with van der Waals surface area (Å²) in [5.41, 5.74) is 3.92. The van der Waals surface area contributed by atoms with Gasteiger partial charge in [0.2, 0.25) is 0 Å². The molecule has 1 aromatic carbocycles. The van der Waals surface area contributed by atoms with Crippen LogP contribution in [-0.2, 0) is 0 Å². The fourth-order valence-electron chi connectivity index (χ4n) is 3.42. The predicted octanol–water partition coefficient (Wildman–Crippen LogP) is 5.04. The van der Waals surface area contributed by atoms with Gasteiger partial charge in [-0.2, -0.15) is 0 Å². The summed E-state index contributed by atoms with van der Waals surface area (Å²) in [6.45, 7) is 9.87. The van der Waals surface area contributed by atoms with Gasteiger partial charge in [0.05, 0.1) is 0 Å². The van der Waals surface area contributed by atoms with Gasteiger partial charge in [-0.1, -0.05) is 44.4 Å². The molecule has 2 heteroatoms. The standard InChI is InChI=1S/C17H26ClN/c1-5-19-17(14-8-6-7-11(14)2)15-9-12(3)13(4)10-16(15)18/h9-11,14,17,19H,5-8H2,1-4H3. The molecule has 1 fully saturated rings. The van der Waals surface area contributed by atoms with Crippen LogP contribution in [0, 0.1) is 25.7 Å². The molecule has 0 aliphatic heterocycles. The van der Waals surface area contributed by atoms with Crippen LogP contribution in [0.1, 0.15) is 55.8 Å². The molecule has 3 unspecified atom stereocenters. The summed E-state index contributed by atoms with van der Waals surface area (Å²) in [7, 11) is 0. The van der Waals surface area contributed by atoms with Crippen LogP contribution in [0.3, 0.4) is 0 Å². The zero-order valence-corrected chi connectivity index (χ0v) is 13.3. The Bertz CT molecular complexity index is 441. The zero-order chi connectivity index (χ0) is 14.0. The number of halogens is 1. The summed E-state index contributed by atoms with van der Waals surface area (Å²) >= 11 is 6.52. The Kier molecular flexibility index (Phi) is 4.92. The van der Waals surface area contributed by atoms with Gasteiger partial charge in [-0.05, 0) is 61.4 Å². The smallest absolute Gasteiger partial charge is 0.0456 e. The lowest BCUT2D eigenvalue weighted by molar-refractivity contribution is 0.305. The lowest BCUT2D eigenvalue weighted by Gasteiger charge is -2.29. The molecule has 1 nitrogen and oxygen atoms in total. The number of hydrogen-bond donors (Lipinski definition) is 1. The van der Waals surface area contributed by atoms with Crippen molar-refractivity contribution in [3.63, 3.8) is 0 Å². The minimum Gasteiger partial charge on any atom is -0.310 e. The molecule has 0 amide bonds. The molecule has 2 rings (SSSR count). The Morgan fingerprint density at radius 1 is 1.26 bits per heavy atom. The summed E-state index contributed by atoms with van der Waals surface area (Å²) in [6, 6.07) is 4.82. The molecule has 0 bridgehead atoms. The molecule has 3 atom stereocenters. The Labute approximate surface area is 122 Å². The lowest BCUT2D eigenvalue weighted by atomic mass is 9.85. The Morgan fingerprint density at radius 2 is 1.95 bits per heavy atom. The van der Waals surface area contributed by atoms with Gasteiger partial charge in [-0.25, -0.2) is 0 Å². The number of aryl methyl sites for hydroxylation is 2. The van der Waals surface area contributed by atoms with Gasteiger partial charge in [-0.15, -0.1) is 0 Å². The maximum absolute atomic E-state index is 6.52. The van der Waals surface area contributed by atoms with Crippen molar-refractivity contribution in [1.29, 1.82) is 0 Å². The molecule has 0 radical (unpaired) electrons. The Morgan fingerprint density at radius 3 is 2.53 bits per heavy atom. The highest BCUT2D eigenvalue weighted by atomic mass is 35.5. The van der Waals surface area contributed by atoms with Crippen LogP contribution in [0.25, 0.3) is 0 Å². The van der Waals surface area contributed by atoms with Gasteiger partial charge in [0, 0.05) is 11.1 Å². The van der Waals surface area contributed by atoms with Crippen molar-refractivity contribution < 1.29 is 0 Å². The second kappa shape index (κ2) is 6.28. The second-order valence-electron chi connectivity index (χ2n) is 6.07. The summed E-state index contributed by atoms with van der Waals surface area (Å²) < 4.78 is 0. The molecule has 0 spiro atoms. The van der Waals surface area contributed by atoms with E-state index in [1.807, 2.05) is 0 Å². The van der Waals surface area contributed by atoms with Gasteiger partial charge in [0.15, 0.2) is 0 Å². The third-order valence-corrected chi connectivity index (χ3v) is 5.06. The highest BCUT2D eigenvalue weighted by molar-refractivity contribution is 6.31. The van der Waals surface area contributed by atoms with Gasteiger partial charge in [-0.3, -0.25) is 0 Å². The first-order chi connectivity index (χ1) is 9.04. The summed E-state index contributed by atoms with van der Waals surface area (Å²) in [6.07, 6.45) is 4.04. The molecule has 1 N–H and O–H groups in total. The predicted molar refractivity (Wildman–Crippen MR) is 83.8 cm³/mol. The van der Waals surface area contributed by atoms with Crippen molar-refractivity contribution in [3.05, 3.63) is 33.8 Å². The van der Waals surface area contributed by atoms with Crippen molar-refractivity contribution in [2.45, 2.75) is 53.0 Å². The SMILES string of the molecule is CCNC(c1cc(C)c(C)cc1Cl)C1CCCC1C. The van der Waals surface area contributed by atoms with Crippen LogP contribution in [0.5, 0.6) is 0 Å². The zero-order valence-electron chi connectivity index (χ0n) is 12.6. The van der Waals surface area contributed by atoms with E-state index < -0.39 is 0 Å². The third kappa shape index (κ3) is 3.14. The molecule has 19 heavy (non-hydrogen) atoms. The van der Waals surface area contributed by atoms with Crippen molar-refractivity contribution in [2.24, 2.45) is 11.8 Å². The average Bonchev–Trinajstić information content (AvgIpc) is 2.77. The van der Waals surface area contributed by atoms with Crippen LogP contribution >= 0.6 is 11.6 Å². The van der Waals surface area contributed by atoms with Crippen LogP contribution in [0.15, 0.2) is 12.1 Å². The Balaban J connectivity index is 2.35. The fourth-order valence-corrected chi connectivity index (χ4v) is 3.76. The van der Waals surface area contributed by atoms with Gasteiger partial charge in [0.25, 0.3) is 0 Å². The van der Waals surface area contributed by atoms with Gasteiger partial charge >= 0.3 is 0 Å². The number of rotatable bonds is 4. The van der Waals surface area contributed by atoms with Crippen molar-refractivity contribution in [3.8, 4) is 0 Å². The van der Waals surface area contributed by atoms with Crippen molar-refractivity contribution >= 4 is 11.6 Å². The Hall–Kier alpha value is -0.530. The molecule has 106 valence electrons. The first-order valence-corrected chi connectivity index (χ1v) is 7.92. The summed E-state index contributed by atoms with van der Waals surface area (Å²) in [4.78, 5) is 0. The van der Waals surface area contributed by atoms with Crippen LogP contribution in [0.2, 0.25) is 5.02 Å². The minimum atomic E-state index is 0.411. The molecule has 1 saturated carbocycles. The number of nitrogens with one attached hydrogen (secondary N) is 1. The maximum atomic E-state index is 6.52.